The molecule has 3 atom stereocenters. The zero-order chi connectivity index (χ0) is 23.3. The first-order valence-corrected chi connectivity index (χ1v) is 12.2. The van der Waals surface area contributed by atoms with Crippen molar-refractivity contribution in [3.8, 4) is 0 Å². The Kier molecular flexibility index (Phi) is 8.31. The van der Waals surface area contributed by atoms with Crippen LogP contribution < -0.4 is 10.0 Å². The van der Waals surface area contributed by atoms with E-state index in [-0.39, 0.29) is 29.3 Å². The maximum atomic E-state index is 13.2. The normalized spacial score (nSPS) is 19.6. The van der Waals surface area contributed by atoms with Gasteiger partial charge in [-0.25, -0.2) is 0 Å². The van der Waals surface area contributed by atoms with Gasteiger partial charge in [-0.2, -0.15) is 0 Å². The van der Waals surface area contributed by atoms with E-state index in [2.05, 4.69) is 22.7 Å². The number of carbonyl (C=O) groups is 2. The molecule has 0 aromatic heterocycles. The summed E-state index contributed by atoms with van der Waals surface area (Å²) in [6.07, 6.45) is 0.989. The highest BCUT2D eigenvalue weighted by Gasteiger charge is 2.40. The Morgan fingerprint density at radius 1 is 1.16 bits per heavy atom. The van der Waals surface area contributed by atoms with Crippen LogP contribution in [0.5, 0.6) is 0 Å². The van der Waals surface area contributed by atoms with Crippen molar-refractivity contribution in [1.29, 1.82) is 0 Å². The number of amides is 2. The SMILES string of the molecule is C[C@@H](NC(=O)[C@@H]1C[C@H](NSc2cccc(S)c2)CN1C(=O)CC(C)(C)C)c1ccccc1. The lowest BCUT2D eigenvalue weighted by Gasteiger charge is -2.28. The van der Waals surface area contributed by atoms with Gasteiger partial charge in [-0.15, -0.1) is 12.6 Å². The fourth-order valence-electron chi connectivity index (χ4n) is 3.83. The molecule has 0 aliphatic carbocycles. The summed E-state index contributed by atoms with van der Waals surface area (Å²) in [7, 11) is 0. The molecule has 3 rings (SSSR count). The van der Waals surface area contributed by atoms with Gasteiger partial charge in [0.05, 0.1) is 6.04 Å². The lowest BCUT2D eigenvalue weighted by molar-refractivity contribution is -0.140. The van der Waals surface area contributed by atoms with E-state index in [1.54, 1.807) is 4.90 Å². The summed E-state index contributed by atoms with van der Waals surface area (Å²) in [5.41, 5.74) is 0.909. The van der Waals surface area contributed by atoms with E-state index < -0.39 is 6.04 Å². The Labute approximate surface area is 201 Å². The first kappa shape index (κ1) is 24.7. The van der Waals surface area contributed by atoms with Crippen LogP contribution >= 0.6 is 24.6 Å². The van der Waals surface area contributed by atoms with Crippen LogP contribution in [0.2, 0.25) is 0 Å². The van der Waals surface area contributed by atoms with Gasteiger partial charge in [0.2, 0.25) is 11.8 Å². The number of hydrogen-bond acceptors (Lipinski definition) is 5. The minimum Gasteiger partial charge on any atom is -0.348 e. The van der Waals surface area contributed by atoms with Crippen molar-refractivity contribution in [3.05, 3.63) is 60.2 Å². The first-order valence-electron chi connectivity index (χ1n) is 11.0. The van der Waals surface area contributed by atoms with E-state index in [4.69, 9.17) is 0 Å². The van der Waals surface area contributed by atoms with E-state index in [1.165, 1.54) is 11.9 Å². The number of carbonyl (C=O) groups excluding carboxylic acids is 2. The number of hydrogen-bond donors (Lipinski definition) is 3. The summed E-state index contributed by atoms with van der Waals surface area (Å²) in [5.74, 6) is -0.0769. The molecule has 172 valence electrons. The number of nitrogens with one attached hydrogen (secondary N) is 2. The average Bonchev–Trinajstić information content (AvgIpc) is 3.16. The summed E-state index contributed by atoms with van der Waals surface area (Å²) in [5, 5.41) is 3.11. The van der Waals surface area contributed by atoms with Crippen molar-refractivity contribution in [1.82, 2.24) is 14.9 Å². The van der Waals surface area contributed by atoms with E-state index in [9.17, 15) is 9.59 Å². The van der Waals surface area contributed by atoms with Crippen LogP contribution in [0.1, 0.15) is 52.1 Å². The van der Waals surface area contributed by atoms with Gasteiger partial charge in [0, 0.05) is 28.8 Å². The molecule has 0 bridgehead atoms. The van der Waals surface area contributed by atoms with Crippen LogP contribution in [0.3, 0.4) is 0 Å². The van der Waals surface area contributed by atoms with E-state index in [0.717, 1.165) is 15.4 Å². The second-order valence-electron chi connectivity index (χ2n) is 9.59. The van der Waals surface area contributed by atoms with Gasteiger partial charge in [0.1, 0.15) is 6.04 Å². The molecule has 0 radical (unpaired) electrons. The van der Waals surface area contributed by atoms with Crippen LogP contribution in [0.15, 0.2) is 64.4 Å². The molecule has 0 spiro atoms. The molecular formula is C25H33N3O2S2. The van der Waals surface area contributed by atoms with Gasteiger partial charge >= 0.3 is 0 Å². The highest BCUT2D eigenvalue weighted by molar-refractivity contribution is 7.97. The molecule has 2 N–H and O–H groups in total. The van der Waals surface area contributed by atoms with E-state index in [0.29, 0.717) is 19.4 Å². The van der Waals surface area contributed by atoms with Crippen LogP contribution in [-0.2, 0) is 9.59 Å². The zero-order valence-electron chi connectivity index (χ0n) is 19.2. The molecule has 1 fully saturated rings. The Hall–Kier alpha value is -1.96. The molecule has 2 amide bonds. The van der Waals surface area contributed by atoms with Gasteiger partial charge < -0.3 is 10.2 Å². The molecule has 1 aliphatic rings. The number of benzene rings is 2. The number of likely N-dealkylation sites (tertiary alicyclic amines) is 1. The van der Waals surface area contributed by atoms with Gasteiger partial charge in [0.25, 0.3) is 0 Å². The minimum absolute atomic E-state index is 0.0234. The zero-order valence-corrected chi connectivity index (χ0v) is 20.9. The summed E-state index contributed by atoms with van der Waals surface area (Å²) < 4.78 is 3.45. The second kappa shape index (κ2) is 10.8. The molecule has 32 heavy (non-hydrogen) atoms. The Morgan fingerprint density at radius 3 is 2.53 bits per heavy atom. The molecule has 1 aliphatic heterocycles. The lowest BCUT2D eigenvalue weighted by atomic mass is 9.91. The molecule has 7 heteroatoms. The molecular weight excluding hydrogens is 438 g/mol. The van der Waals surface area contributed by atoms with E-state index >= 15 is 0 Å². The Balaban J connectivity index is 1.69. The van der Waals surface area contributed by atoms with Crippen LogP contribution in [0.25, 0.3) is 0 Å². The van der Waals surface area contributed by atoms with Crippen LogP contribution in [0, 0.1) is 5.41 Å². The first-order chi connectivity index (χ1) is 15.1. The van der Waals surface area contributed by atoms with Gasteiger partial charge in [-0.3, -0.25) is 14.3 Å². The highest BCUT2D eigenvalue weighted by Crippen LogP contribution is 2.28. The van der Waals surface area contributed by atoms with Crippen molar-refractivity contribution in [2.75, 3.05) is 6.54 Å². The van der Waals surface area contributed by atoms with Crippen molar-refractivity contribution < 1.29 is 9.59 Å². The molecule has 1 saturated heterocycles. The summed E-state index contributed by atoms with van der Waals surface area (Å²) in [4.78, 5) is 30.0. The smallest absolute Gasteiger partial charge is 0.243 e. The van der Waals surface area contributed by atoms with Crippen molar-refractivity contribution in [2.24, 2.45) is 5.41 Å². The minimum atomic E-state index is -0.481. The molecule has 5 nitrogen and oxygen atoms in total. The third-order valence-electron chi connectivity index (χ3n) is 5.43. The summed E-state index contributed by atoms with van der Waals surface area (Å²) in [6, 6.07) is 17.2. The largest absolute Gasteiger partial charge is 0.348 e. The number of thiol groups is 1. The summed E-state index contributed by atoms with van der Waals surface area (Å²) >= 11 is 5.91. The Bertz CT molecular complexity index is 930. The third-order valence-corrected chi connectivity index (χ3v) is 6.64. The quantitative estimate of drug-likeness (QED) is 0.399. The molecule has 1 heterocycles. The van der Waals surface area contributed by atoms with Gasteiger partial charge in [0.15, 0.2) is 0 Å². The highest BCUT2D eigenvalue weighted by atomic mass is 32.2. The predicted octanol–water partition coefficient (Wildman–Crippen LogP) is 4.86. The van der Waals surface area contributed by atoms with Crippen molar-refractivity contribution >= 4 is 36.4 Å². The van der Waals surface area contributed by atoms with Crippen LogP contribution in [0.4, 0.5) is 0 Å². The van der Waals surface area contributed by atoms with Crippen LogP contribution in [-0.4, -0.2) is 35.3 Å². The topological polar surface area (TPSA) is 61.4 Å². The third kappa shape index (κ3) is 7.02. The molecule has 0 saturated carbocycles. The predicted molar refractivity (Wildman–Crippen MR) is 134 cm³/mol. The van der Waals surface area contributed by atoms with Gasteiger partial charge in [-0.1, -0.05) is 57.2 Å². The second-order valence-corrected chi connectivity index (χ2v) is 11.0. The maximum absolute atomic E-state index is 13.2. The van der Waals surface area contributed by atoms with Gasteiger partial charge in [-0.05, 0) is 54.5 Å². The fraction of sp³-hybridized carbons (Fsp3) is 0.440. The number of rotatable bonds is 7. The van der Waals surface area contributed by atoms with Crippen molar-refractivity contribution in [3.63, 3.8) is 0 Å². The maximum Gasteiger partial charge on any atom is 0.243 e. The lowest BCUT2D eigenvalue weighted by Crippen LogP contribution is -2.47. The molecule has 2 aromatic carbocycles. The Morgan fingerprint density at radius 2 is 1.88 bits per heavy atom. The molecule has 2 aromatic rings. The molecule has 0 unspecified atom stereocenters. The monoisotopic (exact) mass is 471 g/mol. The standard InChI is InChI=1S/C25H33N3O2S2/c1-17(18-9-6-5-7-10-18)26-24(30)22-13-19(16-28(22)23(29)15-25(2,3)4)27-32-21-12-8-11-20(31)14-21/h5-12,14,17,19,22,27,31H,13,15-16H2,1-4H3,(H,26,30)/t17-,19+,22+/m1/s1. The average molecular weight is 472 g/mol. The van der Waals surface area contributed by atoms with E-state index in [1.807, 2.05) is 82.3 Å². The number of nitrogens with zero attached hydrogens (tertiary/aromatic N) is 1. The van der Waals surface area contributed by atoms with Crippen molar-refractivity contribution in [2.45, 2.75) is 68.5 Å². The fourth-order valence-corrected chi connectivity index (χ4v) is 4.95. The summed E-state index contributed by atoms with van der Waals surface area (Å²) in [6.45, 7) is 8.62.